The van der Waals surface area contributed by atoms with Crippen LogP contribution in [0.5, 0.6) is 0 Å². The van der Waals surface area contributed by atoms with E-state index >= 15 is 0 Å². The number of urea groups is 1. The van der Waals surface area contributed by atoms with Crippen LogP contribution in [0.2, 0.25) is 0 Å². The molecule has 2 fully saturated rings. The van der Waals surface area contributed by atoms with E-state index in [1.54, 1.807) is 6.07 Å². The van der Waals surface area contributed by atoms with Crippen molar-refractivity contribution >= 4 is 17.6 Å². The van der Waals surface area contributed by atoms with Gasteiger partial charge in [0.25, 0.3) is 0 Å². The van der Waals surface area contributed by atoms with Crippen LogP contribution in [0.4, 0.5) is 14.9 Å². The summed E-state index contributed by atoms with van der Waals surface area (Å²) < 4.78 is 13.0. The van der Waals surface area contributed by atoms with E-state index in [0.717, 1.165) is 64.6 Å². The highest BCUT2D eigenvalue weighted by molar-refractivity contribution is 5.89. The molecule has 2 aliphatic heterocycles. The van der Waals surface area contributed by atoms with Gasteiger partial charge >= 0.3 is 6.03 Å². The molecule has 0 aromatic carbocycles. The van der Waals surface area contributed by atoms with Crippen LogP contribution in [-0.2, 0) is 4.79 Å². The highest BCUT2D eigenvalue weighted by Crippen LogP contribution is 2.23. The van der Waals surface area contributed by atoms with Crippen LogP contribution in [0.1, 0.15) is 44.9 Å². The van der Waals surface area contributed by atoms with Crippen molar-refractivity contribution in [3.05, 3.63) is 24.3 Å². The van der Waals surface area contributed by atoms with Crippen molar-refractivity contribution in [1.29, 1.82) is 0 Å². The Morgan fingerprint density at radius 2 is 2.18 bits per heavy atom. The number of carbonyl (C=O) groups excluding carboxylic acids is 2. The highest BCUT2D eigenvalue weighted by atomic mass is 19.1. The SMILES string of the molecule is O=C(NCCCCCC1CCN(C(=O)C2CCCN2)C1)Nc1ccnc(F)c1. The molecule has 3 heterocycles. The van der Waals surface area contributed by atoms with Crippen molar-refractivity contribution in [1.82, 2.24) is 20.5 Å². The van der Waals surface area contributed by atoms with Gasteiger partial charge in [0, 0.05) is 37.6 Å². The summed E-state index contributed by atoms with van der Waals surface area (Å²) in [5, 5.41) is 8.65. The van der Waals surface area contributed by atoms with Crippen molar-refractivity contribution in [2.45, 2.75) is 51.0 Å². The smallest absolute Gasteiger partial charge is 0.319 e. The van der Waals surface area contributed by atoms with Crippen molar-refractivity contribution in [3.63, 3.8) is 0 Å². The summed E-state index contributed by atoms with van der Waals surface area (Å²) in [5.74, 6) is 0.261. The maximum Gasteiger partial charge on any atom is 0.319 e. The van der Waals surface area contributed by atoms with Gasteiger partial charge in [-0.25, -0.2) is 9.78 Å². The zero-order valence-corrected chi connectivity index (χ0v) is 16.3. The Balaban J connectivity index is 1.22. The quantitative estimate of drug-likeness (QED) is 0.469. The van der Waals surface area contributed by atoms with E-state index in [2.05, 4.69) is 20.9 Å². The molecule has 28 heavy (non-hydrogen) atoms. The summed E-state index contributed by atoms with van der Waals surface area (Å²) in [4.78, 5) is 29.7. The minimum Gasteiger partial charge on any atom is -0.341 e. The molecule has 3 amide bonds. The molecule has 0 bridgehead atoms. The van der Waals surface area contributed by atoms with Crippen molar-refractivity contribution in [3.8, 4) is 0 Å². The number of aromatic nitrogens is 1. The Bertz CT molecular complexity index is 666. The molecule has 3 rings (SSSR count). The van der Waals surface area contributed by atoms with Crippen LogP contribution in [0, 0.1) is 11.9 Å². The summed E-state index contributed by atoms with van der Waals surface area (Å²) in [6, 6.07) is 2.43. The topological polar surface area (TPSA) is 86.4 Å². The molecule has 0 saturated carbocycles. The minimum absolute atomic E-state index is 0.0413. The molecule has 0 spiro atoms. The van der Waals surface area contributed by atoms with E-state index in [1.165, 1.54) is 12.3 Å². The Labute approximate surface area is 165 Å². The van der Waals surface area contributed by atoms with E-state index in [-0.39, 0.29) is 18.0 Å². The standard InChI is InChI=1S/C20H30FN5O2/c21-18-13-16(7-11-23-18)25-20(28)24-9-3-1-2-5-15-8-12-26(14-15)19(27)17-6-4-10-22-17/h7,11,13,15,17,22H,1-6,8-10,12,14H2,(H2,23,24,25,28). The van der Waals surface area contributed by atoms with Gasteiger partial charge in [0.2, 0.25) is 11.9 Å². The lowest BCUT2D eigenvalue weighted by Gasteiger charge is -2.20. The average molecular weight is 391 g/mol. The van der Waals surface area contributed by atoms with Gasteiger partial charge in [-0.2, -0.15) is 4.39 Å². The molecule has 2 atom stereocenters. The second kappa shape index (κ2) is 10.4. The number of hydrogen-bond acceptors (Lipinski definition) is 4. The van der Waals surface area contributed by atoms with Gasteiger partial charge in [-0.05, 0) is 50.6 Å². The maximum atomic E-state index is 13.0. The maximum absolute atomic E-state index is 13.0. The van der Waals surface area contributed by atoms with Crippen LogP contribution in [0.3, 0.4) is 0 Å². The van der Waals surface area contributed by atoms with Crippen molar-refractivity contribution < 1.29 is 14.0 Å². The third-order valence-corrected chi connectivity index (χ3v) is 5.52. The highest BCUT2D eigenvalue weighted by Gasteiger charge is 2.31. The van der Waals surface area contributed by atoms with Gasteiger partial charge in [-0.15, -0.1) is 0 Å². The lowest BCUT2D eigenvalue weighted by Crippen LogP contribution is -2.42. The molecule has 3 N–H and O–H groups in total. The molecular formula is C20H30FN5O2. The molecule has 1 aromatic rings. The number of halogens is 1. The third kappa shape index (κ3) is 6.15. The van der Waals surface area contributed by atoms with Crippen LogP contribution in [0.25, 0.3) is 0 Å². The van der Waals surface area contributed by atoms with E-state index in [4.69, 9.17) is 0 Å². The first-order valence-electron chi connectivity index (χ1n) is 10.3. The van der Waals surface area contributed by atoms with Gasteiger partial charge in [-0.1, -0.05) is 12.8 Å². The third-order valence-electron chi connectivity index (χ3n) is 5.52. The van der Waals surface area contributed by atoms with Gasteiger partial charge in [0.05, 0.1) is 6.04 Å². The fourth-order valence-corrected chi connectivity index (χ4v) is 3.98. The number of likely N-dealkylation sites (tertiary alicyclic amines) is 1. The first-order chi connectivity index (χ1) is 13.6. The normalized spacial score (nSPS) is 21.7. The number of nitrogens with one attached hydrogen (secondary N) is 3. The van der Waals surface area contributed by atoms with E-state index in [1.807, 2.05) is 4.90 Å². The average Bonchev–Trinajstić information content (AvgIpc) is 3.36. The van der Waals surface area contributed by atoms with E-state index < -0.39 is 5.95 Å². The number of hydrogen-bond donors (Lipinski definition) is 3. The van der Waals surface area contributed by atoms with E-state index in [0.29, 0.717) is 18.2 Å². The van der Waals surface area contributed by atoms with E-state index in [9.17, 15) is 14.0 Å². The summed E-state index contributed by atoms with van der Waals surface area (Å²) in [6.45, 7) is 3.32. The monoisotopic (exact) mass is 391 g/mol. The van der Waals surface area contributed by atoms with Crippen LogP contribution in [0.15, 0.2) is 18.3 Å². The molecule has 1 aromatic heterocycles. The molecule has 8 heteroatoms. The van der Waals surface area contributed by atoms with Gasteiger partial charge < -0.3 is 20.9 Å². The van der Waals surface area contributed by atoms with Crippen molar-refractivity contribution in [2.24, 2.45) is 5.92 Å². The zero-order chi connectivity index (χ0) is 19.8. The lowest BCUT2D eigenvalue weighted by atomic mass is 10.0. The summed E-state index contributed by atoms with van der Waals surface area (Å²) in [7, 11) is 0. The van der Waals surface area contributed by atoms with Crippen molar-refractivity contribution in [2.75, 3.05) is 31.5 Å². The molecular weight excluding hydrogens is 361 g/mol. The number of anilines is 1. The number of pyridine rings is 1. The summed E-state index contributed by atoms with van der Waals surface area (Å²) in [5.41, 5.74) is 0.387. The molecule has 2 unspecified atom stereocenters. The Morgan fingerprint density at radius 1 is 1.29 bits per heavy atom. The number of amides is 3. The molecule has 154 valence electrons. The second-order valence-electron chi connectivity index (χ2n) is 7.69. The first-order valence-corrected chi connectivity index (χ1v) is 10.3. The van der Waals surface area contributed by atoms with Crippen LogP contribution >= 0.6 is 0 Å². The molecule has 2 saturated heterocycles. The Morgan fingerprint density at radius 3 is 2.96 bits per heavy atom. The van der Waals surface area contributed by atoms with Gasteiger partial charge in [0.1, 0.15) is 0 Å². The predicted molar refractivity (Wildman–Crippen MR) is 105 cm³/mol. The molecule has 0 aliphatic carbocycles. The number of rotatable bonds is 8. The predicted octanol–water partition coefficient (Wildman–Crippen LogP) is 2.50. The largest absolute Gasteiger partial charge is 0.341 e. The fourth-order valence-electron chi connectivity index (χ4n) is 3.98. The lowest BCUT2D eigenvalue weighted by molar-refractivity contribution is -0.132. The molecule has 0 radical (unpaired) electrons. The Hall–Kier alpha value is -2.22. The second-order valence-corrected chi connectivity index (χ2v) is 7.69. The summed E-state index contributed by atoms with van der Waals surface area (Å²) in [6.07, 6.45) is 8.65. The first kappa shape index (κ1) is 20.5. The number of carbonyl (C=O) groups is 2. The molecule has 7 nitrogen and oxygen atoms in total. The molecule has 2 aliphatic rings. The summed E-state index contributed by atoms with van der Waals surface area (Å²) >= 11 is 0. The number of unbranched alkanes of at least 4 members (excludes halogenated alkanes) is 2. The fraction of sp³-hybridized carbons (Fsp3) is 0.650. The Kier molecular flexibility index (Phi) is 7.59. The van der Waals surface area contributed by atoms with Gasteiger partial charge in [-0.3, -0.25) is 4.79 Å². The number of nitrogens with zero attached hydrogens (tertiary/aromatic N) is 2. The zero-order valence-electron chi connectivity index (χ0n) is 16.3. The van der Waals surface area contributed by atoms with Gasteiger partial charge in [0.15, 0.2) is 0 Å². The minimum atomic E-state index is -0.621. The van der Waals surface area contributed by atoms with Crippen LogP contribution in [-0.4, -0.2) is 54.0 Å². The van der Waals surface area contributed by atoms with Crippen LogP contribution < -0.4 is 16.0 Å².